The van der Waals surface area contributed by atoms with Gasteiger partial charge in [0.2, 0.25) is 0 Å². The molecule has 0 radical (unpaired) electrons. The van der Waals surface area contributed by atoms with E-state index < -0.39 is 0 Å². The number of rotatable bonds is 2. The molecule has 0 aromatic rings. The Morgan fingerprint density at radius 2 is 1.87 bits per heavy atom. The molecule has 0 amide bonds. The highest BCUT2D eigenvalue weighted by molar-refractivity contribution is 4.92. The van der Waals surface area contributed by atoms with Gasteiger partial charge in [-0.25, -0.2) is 0 Å². The molecule has 0 unspecified atom stereocenters. The Hall–Kier alpha value is -0.120. The molecule has 1 atom stereocenters. The monoisotopic (exact) mass is 210 g/mol. The van der Waals surface area contributed by atoms with Crippen LogP contribution in [0, 0.1) is 5.92 Å². The van der Waals surface area contributed by atoms with Gasteiger partial charge in [0.25, 0.3) is 0 Å². The van der Waals surface area contributed by atoms with E-state index in [-0.39, 0.29) is 0 Å². The van der Waals surface area contributed by atoms with Gasteiger partial charge in [0.15, 0.2) is 0 Å². The summed E-state index contributed by atoms with van der Waals surface area (Å²) < 4.78 is 5.44. The molecule has 1 N–H and O–H groups in total. The SMILES string of the molecule is C1CN(C2CC2)C[C@@H](C2CCOCC2)N1. The predicted molar refractivity (Wildman–Crippen MR) is 59.9 cm³/mol. The zero-order valence-electron chi connectivity index (χ0n) is 9.45. The van der Waals surface area contributed by atoms with Crippen molar-refractivity contribution in [1.29, 1.82) is 0 Å². The maximum atomic E-state index is 5.44. The summed E-state index contributed by atoms with van der Waals surface area (Å²) in [7, 11) is 0. The smallest absolute Gasteiger partial charge is 0.0469 e. The Kier molecular flexibility index (Phi) is 2.95. The first-order chi connectivity index (χ1) is 7.43. The molecule has 2 heterocycles. The first-order valence-electron chi connectivity index (χ1n) is 6.48. The predicted octanol–water partition coefficient (Wildman–Crippen LogP) is 0.849. The summed E-state index contributed by atoms with van der Waals surface area (Å²) >= 11 is 0. The number of ether oxygens (including phenoxy) is 1. The molecular weight excluding hydrogens is 188 g/mol. The molecule has 86 valence electrons. The van der Waals surface area contributed by atoms with Crippen molar-refractivity contribution >= 4 is 0 Å². The van der Waals surface area contributed by atoms with E-state index in [1.165, 1.54) is 45.3 Å². The molecule has 1 saturated carbocycles. The lowest BCUT2D eigenvalue weighted by molar-refractivity contribution is 0.0398. The lowest BCUT2D eigenvalue weighted by Gasteiger charge is -2.39. The highest BCUT2D eigenvalue weighted by atomic mass is 16.5. The van der Waals surface area contributed by atoms with Crippen molar-refractivity contribution in [3.05, 3.63) is 0 Å². The highest BCUT2D eigenvalue weighted by Crippen LogP contribution is 2.29. The van der Waals surface area contributed by atoms with Crippen LogP contribution in [-0.2, 0) is 4.74 Å². The average molecular weight is 210 g/mol. The summed E-state index contributed by atoms with van der Waals surface area (Å²) in [4.78, 5) is 2.70. The Bertz CT molecular complexity index is 212. The first kappa shape index (κ1) is 10.1. The van der Waals surface area contributed by atoms with Gasteiger partial charge >= 0.3 is 0 Å². The zero-order valence-corrected chi connectivity index (χ0v) is 9.45. The molecule has 3 fully saturated rings. The molecule has 0 aromatic heterocycles. The molecule has 0 spiro atoms. The summed E-state index contributed by atoms with van der Waals surface area (Å²) in [6.07, 6.45) is 5.41. The quantitative estimate of drug-likeness (QED) is 0.731. The fourth-order valence-electron chi connectivity index (χ4n) is 3.01. The number of hydrogen-bond donors (Lipinski definition) is 1. The molecule has 0 aromatic carbocycles. The van der Waals surface area contributed by atoms with Gasteiger partial charge in [0.05, 0.1) is 0 Å². The fraction of sp³-hybridized carbons (Fsp3) is 1.00. The number of hydrogen-bond acceptors (Lipinski definition) is 3. The second-order valence-corrected chi connectivity index (χ2v) is 5.24. The van der Waals surface area contributed by atoms with Crippen molar-refractivity contribution in [2.75, 3.05) is 32.8 Å². The summed E-state index contributed by atoms with van der Waals surface area (Å²) in [6.45, 7) is 5.71. The molecule has 3 rings (SSSR count). The number of nitrogens with one attached hydrogen (secondary N) is 1. The van der Waals surface area contributed by atoms with Gasteiger partial charge in [-0.2, -0.15) is 0 Å². The van der Waals surface area contributed by atoms with Crippen LogP contribution in [0.15, 0.2) is 0 Å². The summed E-state index contributed by atoms with van der Waals surface area (Å²) in [5.41, 5.74) is 0. The topological polar surface area (TPSA) is 24.5 Å². The summed E-state index contributed by atoms with van der Waals surface area (Å²) in [5, 5.41) is 3.70. The van der Waals surface area contributed by atoms with Crippen molar-refractivity contribution in [1.82, 2.24) is 10.2 Å². The maximum Gasteiger partial charge on any atom is 0.0469 e. The Labute approximate surface area is 92.2 Å². The van der Waals surface area contributed by atoms with Gasteiger partial charge in [-0.15, -0.1) is 0 Å². The molecule has 15 heavy (non-hydrogen) atoms. The van der Waals surface area contributed by atoms with E-state index in [1.54, 1.807) is 0 Å². The van der Waals surface area contributed by atoms with Crippen molar-refractivity contribution in [2.24, 2.45) is 5.92 Å². The highest BCUT2D eigenvalue weighted by Gasteiger charge is 2.35. The minimum atomic E-state index is 0.739. The van der Waals surface area contributed by atoms with Crippen molar-refractivity contribution in [3.63, 3.8) is 0 Å². The van der Waals surface area contributed by atoms with Crippen LogP contribution >= 0.6 is 0 Å². The van der Waals surface area contributed by atoms with Gasteiger partial charge < -0.3 is 10.1 Å². The van der Waals surface area contributed by atoms with E-state index in [9.17, 15) is 0 Å². The van der Waals surface area contributed by atoms with E-state index in [2.05, 4.69) is 10.2 Å². The number of nitrogens with zero attached hydrogens (tertiary/aromatic N) is 1. The lowest BCUT2D eigenvalue weighted by Crippen LogP contribution is -2.55. The third kappa shape index (κ3) is 2.35. The second-order valence-electron chi connectivity index (χ2n) is 5.24. The maximum absolute atomic E-state index is 5.44. The summed E-state index contributed by atoms with van der Waals surface area (Å²) in [5.74, 6) is 0.861. The Morgan fingerprint density at radius 3 is 2.60 bits per heavy atom. The molecular formula is C12H22N2O. The molecule has 3 heteroatoms. The zero-order chi connectivity index (χ0) is 10.1. The summed E-state index contributed by atoms with van der Waals surface area (Å²) in [6, 6.07) is 1.68. The lowest BCUT2D eigenvalue weighted by atomic mass is 9.90. The molecule has 0 bridgehead atoms. The van der Waals surface area contributed by atoms with Crippen LogP contribution in [0.4, 0.5) is 0 Å². The Morgan fingerprint density at radius 1 is 1.07 bits per heavy atom. The van der Waals surface area contributed by atoms with Crippen LogP contribution in [0.2, 0.25) is 0 Å². The number of piperazine rings is 1. The molecule has 2 saturated heterocycles. The molecule has 3 nitrogen and oxygen atoms in total. The first-order valence-corrected chi connectivity index (χ1v) is 6.48. The van der Waals surface area contributed by atoms with Gasteiger partial charge in [-0.1, -0.05) is 0 Å². The van der Waals surface area contributed by atoms with E-state index in [0.29, 0.717) is 0 Å². The Balaban J connectivity index is 1.55. The fourth-order valence-corrected chi connectivity index (χ4v) is 3.01. The van der Waals surface area contributed by atoms with Crippen molar-refractivity contribution in [3.8, 4) is 0 Å². The van der Waals surface area contributed by atoms with Crippen LogP contribution in [0.5, 0.6) is 0 Å². The van der Waals surface area contributed by atoms with Crippen LogP contribution in [-0.4, -0.2) is 49.8 Å². The average Bonchev–Trinajstić information content (AvgIpc) is 3.14. The van der Waals surface area contributed by atoms with Crippen LogP contribution in [0.25, 0.3) is 0 Å². The van der Waals surface area contributed by atoms with Gasteiger partial charge in [0, 0.05) is 44.9 Å². The third-order valence-corrected chi connectivity index (χ3v) is 4.14. The van der Waals surface area contributed by atoms with Gasteiger partial charge in [-0.3, -0.25) is 4.90 Å². The van der Waals surface area contributed by atoms with Crippen molar-refractivity contribution < 1.29 is 4.74 Å². The standard InChI is InChI=1S/C12H22N2O/c1-2-11(1)14-6-5-13-12(9-14)10-3-7-15-8-4-10/h10-13H,1-9H2/t12-/m0/s1. The molecule has 2 aliphatic heterocycles. The second kappa shape index (κ2) is 4.40. The van der Waals surface area contributed by atoms with E-state index in [4.69, 9.17) is 4.74 Å². The van der Waals surface area contributed by atoms with Crippen molar-refractivity contribution in [2.45, 2.75) is 37.8 Å². The van der Waals surface area contributed by atoms with Gasteiger partial charge in [-0.05, 0) is 31.6 Å². The molecule has 1 aliphatic carbocycles. The van der Waals surface area contributed by atoms with Crippen LogP contribution in [0.1, 0.15) is 25.7 Å². The van der Waals surface area contributed by atoms with E-state index in [0.717, 1.165) is 31.2 Å². The minimum absolute atomic E-state index is 0.739. The minimum Gasteiger partial charge on any atom is -0.381 e. The van der Waals surface area contributed by atoms with Crippen LogP contribution < -0.4 is 5.32 Å². The third-order valence-electron chi connectivity index (χ3n) is 4.14. The molecule has 3 aliphatic rings. The largest absolute Gasteiger partial charge is 0.381 e. The van der Waals surface area contributed by atoms with Crippen LogP contribution in [0.3, 0.4) is 0 Å². The van der Waals surface area contributed by atoms with E-state index >= 15 is 0 Å². The normalized spacial score (nSPS) is 35.6. The van der Waals surface area contributed by atoms with E-state index in [1.807, 2.05) is 0 Å². The van der Waals surface area contributed by atoms with Gasteiger partial charge in [0.1, 0.15) is 0 Å².